The number of aromatic nitrogens is 1. The molecule has 3 aromatic rings. The molecule has 3 heterocycles. The number of piperazine rings is 1. The van der Waals surface area contributed by atoms with Crippen LogP contribution >= 0.6 is 34.5 Å². The standard InChI is InChI=1S/C27H30Cl2N6O3S/c28-20-6-5-18(21(29)16-20)15-22(33-24(36)7-8-30)27(38)35-12-10-34(11-13-35)25-19(3-1-9-31-25)17-32-26(37)23-4-2-14-39-23/h1-6,9,14,16,22H,7-8,10-13,15,17,30H2,(H,32,37)(H,33,36)/t22-/m1/s1. The Balaban J connectivity index is 1.41. The van der Waals surface area contributed by atoms with E-state index < -0.39 is 6.04 Å². The van der Waals surface area contributed by atoms with Crippen molar-refractivity contribution < 1.29 is 14.4 Å². The van der Waals surface area contributed by atoms with Crippen molar-refractivity contribution in [2.75, 3.05) is 37.6 Å². The quantitative estimate of drug-likeness (QED) is 0.334. The van der Waals surface area contributed by atoms with Crippen molar-refractivity contribution in [3.63, 3.8) is 0 Å². The van der Waals surface area contributed by atoms with Crippen LogP contribution in [0, 0.1) is 0 Å². The molecule has 0 aliphatic carbocycles. The van der Waals surface area contributed by atoms with E-state index in [1.54, 1.807) is 35.4 Å². The third-order valence-electron chi connectivity index (χ3n) is 6.39. The summed E-state index contributed by atoms with van der Waals surface area (Å²) >= 11 is 13.8. The molecule has 206 valence electrons. The summed E-state index contributed by atoms with van der Waals surface area (Å²) in [6.07, 6.45) is 2.08. The number of hydrogen-bond donors (Lipinski definition) is 3. The molecule has 0 spiro atoms. The number of nitrogens with one attached hydrogen (secondary N) is 2. The fourth-order valence-electron chi connectivity index (χ4n) is 4.39. The van der Waals surface area contributed by atoms with Gasteiger partial charge in [-0.1, -0.05) is 41.4 Å². The first kappa shape index (κ1) is 28.8. The zero-order valence-corrected chi connectivity index (χ0v) is 23.6. The minimum absolute atomic E-state index is 0.122. The molecule has 1 aromatic carbocycles. The lowest BCUT2D eigenvalue weighted by Gasteiger charge is -2.37. The number of thiophene rings is 1. The molecule has 1 aliphatic heterocycles. The van der Waals surface area contributed by atoms with E-state index in [2.05, 4.69) is 20.5 Å². The fraction of sp³-hybridized carbons (Fsp3) is 0.333. The molecule has 2 aromatic heterocycles. The Morgan fingerprint density at radius 1 is 1.05 bits per heavy atom. The molecule has 1 atom stereocenters. The highest BCUT2D eigenvalue weighted by molar-refractivity contribution is 7.12. The van der Waals surface area contributed by atoms with E-state index in [4.69, 9.17) is 28.9 Å². The number of carbonyl (C=O) groups excluding carboxylic acids is 3. The Morgan fingerprint density at radius 2 is 1.85 bits per heavy atom. The fourth-order valence-corrected chi connectivity index (χ4v) is 5.51. The molecule has 39 heavy (non-hydrogen) atoms. The number of carbonyl (C=O) groups is 3. The van der Waals surface area contributed by atoms with Gasteiger partial charge in [-0.15, -0.1) is 11.3 Å². The van der Waals surface area contributed by atoms with Crippen LogP contribution in [0.25, 0.3) is 0 Å². The Kier molecular flexibility index (Phi) is 10.2. The lowest BCUT2D eigenvalue weighted by molar-refractivity contribution is -0.136. The van der Waals surface area contributed by atoms with Crippen LogP contribution in [-0.4, -0.2) is 66.4 Å². The second-order valence-electron chi connectivity index (χ2n) is 9.06. The molecular formula is C27H30Cl2N6O3S. The van der Waals surface area contributed by atoms with Gasteiger partial charge < -0.3 is 26.2 Å². The van der Waals surface area contributed by atoms with Crippen molar-refractivity contribution in [1.29, 1.82) is 0 Å². The van der Waals surface area contributed by atoms with Gasteiger partial charge in [0.1, 0.15) is 11.9 Å². The summed E-state index contributed by atoms with van der Waals surface area (Å²) in [4.78, 5) is 47.4. The Hall–Kier alpha value is -3.18. The summed E-state index contributed by atoms with van der Waals surface area (Å²) in [6.45, 7) is 2.55. The zero-order valence-electron chi connectivity index (χ0n) is 21.2. The van der Waals surface area contributed by atoms with Crippen LogP contribution in [0.15, 0.2) is 54.0 Å². The zero-order chi connectivity index (χ0) is 27.8. The normalized spacial score (nSPS) is 14.1. The molecule has 1 aliphatic rings. The molecule has 4 rings (SSSR count). The molecule has 0 radical (unpaired) electrons. The SMILES string of the molecule is NCCC(=O)N[C@H](Cc1ccc(Cl)cc1Cl)C(=O)N1CCN(c2ncccc2CNC(=O)c2cccs2)CC1. The van der Waals surface area contributed by atoms with Gasteiger partial charge in [0.05, 0.1) is 4.88 Å². The average Bonchev–Trinajstić information content (AvgIpc) is 3.48. The minimum Gasteiger partial charge on any atom is -0.353 e. The number of hydrogen-bond acceptors (Lipinski definition) is 7. The minimum atomic E-state index is -0.785. The molecule has 12 heteroatoms. The summed E-state index contributed by atoms with van der Waals surface area (Å²) in [5, 5.41) is 8.58. The summed E-state index contributed by atoms with van der Waals surface area (Å²) < 4.78 is 0. The van der Waals surface area contributed by atoms with E-state index in [-0.39, 0.29) is 37.1 Å². The monoisotopic (exact) mass is 588 g/mol. The molecule has 9 nitrogen and oxygen atoms in total. The number of halogens is 2. The van der Waals surface area contributed by atoms with Gasteiger partial charge in [0.15, 0.2) is 0 Å². The Bertz CT molecular complexity index is 1300. The van der Waals surface area contributed by atoms with E-state index in [1.165, 1.54) is 11.3 Å². The van der Waals surface area contributed by atoms with Crippen LogP contribution in [0.2, 0.25) is 10.0 Å². The van der Waals surface area contributed by atoms with Crippen LogP contribution in [0.5, 0.6) is 0 Å². The maximum atomic E-state index is 13.6. The van der Waals surface area contributed by atoms with Crippen LogP contribution in [0.3, 0.4) is 0 Å². The van der Waals surface area contributed by atoms with E-state index in [1.807, 2.05) is 23.6 Å². The van der Waals surface area contributed by atoms with Crippen molar-refractivity contribution in [3.8, 4) is 0 Å². The first-order valence-corrected chi connectivity index (χ1v) is 14.2. The van der Waals surface area contributed by atoms with E-state index in [9.17, 15) is 14.4 Å². The Morgan fingerprint density at radius 3 is 2.54 bits per heavy atom. The number of amides is 3. The van der Waals surface area contributed by atoms with Crippen molar-refractivity contribution in [3.05, 3.63) is 80.1 Å². The molecule has 3 amide bonds. The summed E-state index contributed by atoms with van der Waals surface area (Å²) in [6, 6.07) is 11.7. The lowest BCUT2D eigenvalue weighted by Crippen LogP contribution is -2.56. The maximum Gasteiger partial charge on any atom is 0.261 e. The molecule has 0 bridgehead atoms. The molecule has 1 fully saturated rings. The topological polar surface area (TPSA) is 121 Å². The van der Waals surface area contributed by atoms with Crippen molar-refractivity contribution in [2.45, 2.75) is 25.4 Å². The number of rotatable bonds is 10. The summed E-state index contributed by atoms with van der Waals surface area (Å²) in [7, 11) is 0. The second-order valence-corrected chi connectivity index (χ2v) is 10.8. The van der Waals surface area contributed by atoms with Crippen LogP contribution in [-0.2, 0) is 22.6 Å². The number of nitrogens with two attached hydrogens (primary N) is 1. The predicted molar refractivity (Wildman–Crippen MR) is 154 cm³/mol. The molecule has 1 saturated heterocycles. The van der Waals surface area contributed by atoms with E-state index >= 15 is 0 Å². The predicted octanol–water partition coefficient (Wildman–Crippen LogP) is 3.10. The van der Waals surface area contributed by atoms with Gasteiger partial charge in [-0.2, -0.15) is 0 Å². The largest absolute Gasteiger partial charge is 0.353 e. The summed E-state index contributed by atoms with van der Waals surface area (Å²) in [5.74, 6) is 0.174. The average molecular weight is 590 g/mol. The van der Waals surface area contributed by atoms with Crippen molar-refractivity contribution in [1.82, 2.24) is 20.5 Å². The van der Waals surface area contributed by atoms with Crippen LogP contribution in [0.4, 0.5) is 5.82 Å². The van der Waals surface area contributed by atoms with E-state index in [0.717, 1.165) is 11.4 Å². The van der Waals surface area contributed by atoms with Gasteiger partial charge in [0.25, 0.3) is 5.91 Å². The highest BCUT2D eigenvalue weighted by Crippen LogP contribution is 2.24. The van der Waals surface area contributed by atoms with Gasteiger partial charge in [-0.25, -0.2) is 4.98 Å². The molecular weight excluding hydrogens is 559 g/mol. The maximum absolute atomic E-state index is 13.6. The highest BCUT2D eigenvalue weighted by Gasteiger charge is 2.30. The van der Waals surface area contributed by atoms with Gasteiger partial charge in [0, 0.05) is 73.9 Å². The number of pyridine rings is 1. The first-order chi connectivity index (χ1) is 18.9. The number of nitrogens with zero attached hydrogens (tertiary/aromatic N) is 3. The molecule has 0 unspecified atom stereocenters. The third-order valence-corrected chi connectivity index (χ3v) is 7.84. The van der Waals surface area contributed by atoms with Crippen LogP contribution < -0.4 is 21.3 Å². The van der Waals surface area contributed by atoms with Gasteiger partial charge in [-0.05, 0) is 35.2 Å². The number of anilines is 1. The van der Waals surface area contributed by atoms with Crippen LogP contribution in [0.1, 0.15) is 27.2 Å². The highest BCUT2D eigenvalue weighted by atomic mass is 35.5. The van der Waals surface area contributed by atoms with Gasteiger partial charge >= 0.3 is 0 Å². The third kappa shape index (κ3) is 7.69. The second kappa shape index (κ2) is 13.7. The first-order valence-electron chi connectivity index (χ1n) is 12.6. The van der Waals surface area contributed by atoms with E-state index in [0.29, 0.717) is 53.2 Å². The van der Waals surface area contributed by atoms with Crippen molar-refractivity contribution in [2.24, 2.45) is 5.73 Å². The molecule has 0 saturated carbocycles. The van der Waals surface area contributed by atoms with Gasteiger partial charge in [-0.3, -0.25) is 14.4 Å². The lowest BCUT2D eigenvalue weighted by atomic mass is 10.0. The molecule has 4 N–H and O–H groups in total. The smallest absolute Gasteiger partial charge is 0.261 e. The van der Waals surface area contributed by atoms with Gasteiger partial charge in [0.2, 0.25) is 11.8 Å². The Labute approximate surface area is 241 Å². The number of benzene rings is 1. The summed E-state index contributed by atoms with van der Waals surface area (Å²) in [5.41, 5.74) is 7.15. The van der Waals surface area contributed by atoms with Crippen molar-refractivity contribution >= 4 is 58.1 Å².